The van der Waals surface area contributed by atoms with E-state index in [1.54, 1.807) is 0 Å². The maximum absolute atomic E-state index is 3.74. The molecule has 0 spiro atoms. The van der Waals surface area contributed by atoms with E-state index in [9.17, 15) is 0 Å². The van der Waals surface area contributed by atoms with Crippen LogP contribution in [0.25, 0.3) is 0 Å². The average molecular weight is 205 g/mol. The summed E-state index contributed by atoms with van der Waals surface area (Å²) in [6.07, 6.45) is 0. The SMILES string of the molecule is Br.C=[CH][Mg][Si](C)(C)C. The Kier molecular flexibility index (Phi) is 7.50. The summed E-state index contributed by atoms with van der Waals surface area (Å²) in [5.74, 6) is 0. The Labute approximate surface area is 72.4 Å². The zero-order chi connectivity index (χ0) is 5.91. The molecule has 0 fully saturated rings. The molecule has 0 saturated heterocycles. The molecule has 0 aromatic rings. The Morgan fingerprint density at radius 3 is 1.75 bits per heavy atom. The summed E-state index contributed by atoms with van der Waals surface area (Å²) in [6.45, 7) is 11.0. The Morgan fingerprint density at radius 1 is 1.38 bits per heavy atom. The molecule has 46 valence electrons. The minimum Gasteiger partial charge on any atom is -0.218 e. The lowest BCUT2D eigenvalue weighted by Gasteiger charge is -2.09. The third kappa shape index (κ3) is 10.2. The Hall–Kier alpha value is 1.20. The van der Waals surface area contributed by atoms with Crippen molar-refractivity contribution in [2.75, 3.05) is 0 Å². The summed E-state index contributed by atoms with van der Waals surface area (Å²) in [5, 5.41) is 0. The molecule has 3 heteroatoms. The summed E-state index contributed by atoms with van der Waals surface area (Å²) in [4.78, 5) is 0. The van der Waals surface area contributed by atoms with Crippen molar-refractivity contribution in [3.05, 3.63) is 10.8 Å². The predicted octanol–water partition coefficient (Wildman–Crippen LogP) is 2.25. The molecule has 0 N–H and O–H groups in total. The average Bonchev–Trinajstić information content (AvgIpc) is 1.30. The molecule has 0 amide bonds. The van der Waals surface area contributed by atoms with Gasteiger partial charge in [-0.2, -0.15) is 0 Å². The van der Waals surface area contributed by atoms with Crippen molar-refractivity contribution in [3.63, 3.8) is 0 Å². The van der Waals surface area contributed by atoms with Crippen LogP contribution < -0.4 is 0 Å². The normalized spacial score (nSPS) is 8.88. The second-order valence-corrected chi connectivity index (χ2v) is 16.7. The van der Waals surface area contributed by atoms with Gasteiger partial charge in [0, 0.05) is 0 Å². The number of hydrogen-bond acceptors (Lipinski definition) is 0. The van der Waals surface area contributed by atoms with Gasteiger partial charge in [0.05, 0.1) is 0 Å². The van der Waals surface area contributed by atoms with Crippen molar-refractivity contribution in [1.82, 2.24) is 0 Å². The van der Waals surface area contributed by atoms with Crippen LogP contribution in [0.4, 0.5) is 0 Å². The molecule has 0 aliphatic carbocycles. The van der Waals surface area contributed by atoms with Crippen molar-refractivity contribution in [1.29, 1.82) is 0 Å². The van der Waals surface area contributed by atoms with Crippen LogP contribution in [-0.4, -0.2) is 25.3 Å². The van der Waals surface area contributed by atoms with Crippen LogP contribution in [0.3, 0.4) is 0 Å². The van der Waals surface area contributed by atoms with E-state index in [1.807, 2.05) is 0 Å². The second kappa shape index (κ2) is 5.03. The third-order valence-electron chi connectivity index (χ3n) is 0.757. The van der Waals surface area contributed by atoms with Gasteiger partial charge < -0.3 is 0 Å². The molecule has 8 heavy (non-hydrogen) atoms. The van der Waals surface area contributed by atoms with Crippen molar-refractivity contribution in [2.24, 2.45) is 0 Å². The van der Waals surface area contributed by atoms with Crippen molar-refractivity contribution in [2.45, 2.75) is 19.6 Å². The summed E-state index contributed by atoms with van der Waals surface area (Å²) in [5.41, 5.74) is -0.636. The van der Waals surface area contributed by atoms with Gasteiger partial charge in [0.15, 0.2) is 0 Å². The molecule has 0 aromatic heterocycles. The highest BCUT2D eigenvalue weighted by atomic mass is 79.9. The molecule has 0 saturated carbocycles. The van der Waals surface area contributed by atoms with Crippen LogP contribution in [0.15, 0.2) is 10.8 Å². The van der Waals surface area contributed by atoms with Gasteiger partial charge in [-0.25, -0.2) is 4.21 Å². The number of rotatable bonds is 2. The largest absolute Gasteiger partial charge is 0.394 e. The first-order chi connectivity index (χ1) is 3.06. The third-order valence-corrected chi connectivity index (χ3v) is 6.81. The van der Waals surface area contributed by atoms with E-state index in [0.29, 0.717) is 0 Å². The molecular weight excluding hydrogens is 192 g/mol. The Bertz CT molecular complexity index is 67.3. The minimum absolute atomic E-state index is 0. The fourth-order valence-electron chi connectivity index (χ4n) is 0.433. The van der Waals surface area contributed by atoms with Crippen LogP contribution in [0, 0.1) is 0 Å². The van der Waals surface area contributed by atoms with Crippen LogP contribution in [0.5, 0.6) is 0 Å². The summed E-state index contributed by atoms with van der Waals surface area (Å²) in [7, 11) is 0. The Morgan fingerprint density at radius 2 is 1.75 bits per heavy atom. The van der Waals surface area contributed by atoms with E-state index in [1.165, 1.54) is 0 Å². The molecular formula is C5H13BrMgSi. The van der Waals surface area contributed by atoms with E-state index in [2.05, 4.69) is 30.4 Å². The zero-order valence-electron chi connectivity index (χ0n) is 5.90. The van der Waals surface area contributed by atoms with Gasteiger partial charge in [-0.1, -0.05) is 25.4 Å². The van der Waals surface area contributed by atoms with Crippen molar-refractivity contribution in [3.8, 4) is 0 Å². The summed E-state index contributed by atoms with van der Waals surface area (Å²) < 4.78 is 2.16. The highest BCUT2D eigenvalue weighted by molar-refractivity contribution is 8.93. The molecule has 0 aliphatic rings. The molecule has 0 aliphatic heterocycles. The van der Waals surface area contributed by atoms with E-state index in [4.69, 9.17) is 0 Å². The molecule has 0 atom stereocenters. The molecule has 0 bridgehead atoms. The highest BCUT2D eigenvalue weighted by Gasteiger charge is 2.11. The summed E-state index contributed by atoms with van der Waals surface area (Å²) in [6, 6.07) is 0. The standard InChI is InChI=1S/C3H9Si.C2H3.BrH.Mg/c1-4(2)3;1-2;;/h1-3H3;1H,2H2;1H;. The first-order valence-corrected chi connectivity index (χ1v) is 9.31. The van der Waals surface area contributed by atoms with Gasteiger partial charge >= 0.3 is 19.6 Å². The van der Waals surface area contributed by atoms with Gasteiger partial charge in [-0.3, -0.25) is 0 Å². The van der Waals surface area contributed by atoms with Crippen LogP contribution in [-0.2, 0) is 0 Å². The lowest BCUT2D eigenvalue weighted by molar-refractivity contribution is 1.86. The van der Waals surface area contributed by atoms with Crippen LogP contribution >= 0.6 is 17.0 Å². The van der Waals surface area contributed by atoms with E-state index in [0.717, 1.165) is 0 Å². The quantitative estimate of drug-likeness (QED) is 0.607. The number of halogens is 1. The van der Waals surface area contributed by atoms with Gasteiger partial charge in [0.1, 0.15) is 0 Å². The highest BCUT2D eigenvalue weighted by Crippen LogP contribution is 1.95. The van der Waals surface area contributed by atoms with E-state index < -0.39 is 5.72 Å². The smallest absolute Gasteiger partial charge is 0.218 e. The first-order valence-electron chi connectivity index (χ1n) is 2.67. The fraction of sp³-hybridized carbons (Fsp3) is 0.600. The zero-order valence-corrected chi connectivity index (χ0v) is 10.0. The topological polar surface area (TPSA) is 0 Å². The molecule has 0 aromatic carbocycles. The molecule has 0 unspecified atom stereocenters. The maximum Gasteiger partial charge on any atom is 0.394 e. The lowest BCUT2D eigenvalue weighted by atomic mass is 11.3. The predicted molar refractivity (Wildman–Crippen MR) is 49.6 cm³/mol. The monoisotopic (exact) mass is 204 g/mol. The van der Waals surface area contributed by atoms with Gasteiger partial charge in [-0.15, -0.1) is 23.6 Å². The van der Waals surface area contributed by atoms with Gasteiger partial charge in [0.25, 0.3) is 0 Å². The van der Waals surface area contributed by atoms with Gasteiger partial charge in [0.2, 0.25) is 0 Å². The second-order valence-electron chi connectivity index (χ2n) is 3.05. The maximum atomic E-state index is 3.74. The van der Waals surface area contributed by atoms with E-state index >= 15 is 0 Å². The molecule has 0 nitrogen and oxygen atoms in total. The van der Waals surface area contributed by atoms with Gasteiger partial charge in [-0.05, 0) is 0 Å². The fourth-order valence-corrected chi connectivity index (χ4v) is 3.90. The van der Waals surface area contributed by atoms with Crippen molar-refractivity contribution >= 4 is 42.3 Å². The van der Waals surface area contributed by atoms with Crippen LogP contribution in [0.1, 0.15) is 0 Å². The molecule has 0 radical (unpaired) electrons. The lowest BCUT2D eigenvalue weighted by Crippen LogP contribution is -2.28. The summed E-state index contributed by atoms with van der Waals surface area (Å²) >= 11 is 0.163. The van der Waals surface area contributed by atoms with Crippen LogP contribution in [0.2, 0.25) is 19.6 Å². The number of hydrogen-bond donors (Lipinski definition) is 0. The molecule has 0 heterocycles. The van der Waals surface area contributed by atoms with E-state index in [-0.39, 0.29) is 36.6 Å². The first kappa shape index (κ1) is 11.9. The Balaban J connectivity index is 0. The van der Waals surface area contributed by atoms with Crippen molar-refractivity contribution < 1.29 is 0 Å². The molecule has 0 rings (SSSR count). The minimum atomic E-state index is -0.636.